The van der Waals surface area contributed by atoms with Crippen molar-refractivity contribution in [1.29, 1.82) is 0 Å². The summed E-state index contributed by atoms with van der Waals surface area (Å²) in [6, 6.07) is 7.31. The third-order valence-corrected chi connectivity index (χ3v) is 2.39. The van der Waals surface area contributed by atoms with Gasteiger partial charge in [0.1, 0.15) is 6.04 Å². The number of hydrogen-bond acceptors (Lipinski definition) is 3. The number of rotatable bonds is 6. The lowest BCUT2D eigenvalue weighted by molar-refractivity contribution is -0.122. The maximum absolute atomic E-state index is 11.8. The van der Waals surface area contributed by atoms with Crippen LogP contribution in [0.5, 0.6) is 0 Å². The summed E-state index contributed by atoms with van der Waals surface area (Å²) in [5.74, 6) is 0.326. The second-order valence-corrected chi connectivity index (χ2v) is 4.90. The molecule has 0 aliphatic carbocycles. The maximum atomic E-state index is 11.8. The lowest BCUT2D eigenvalue weighted by Crippen LogP contribution is -2.38. The molecule has 0 aromatic heterocycles. The molecule has 0 saturated heterocycles. The topological polar surface area (TPSA) is 50.4 Å². The highest BCUT2D eigenvalue weighted by Crippen LogP contribution is 2.08. The molecule has 0 fully saturated rings. The van der Waals surface area contributed by atoms with Gasteiger partial charge in [0.2, 0.25) is 5.91 Å². The molecule has 2 N–H and O–H groups in total. The summed E-state index contributed by atoms with van der Waals surface area (Å²) in [4.78, 5) is 17.0. The molecule has 0 heterocycles. The molecule has 1 unspecified atom stereocenters. The van der Waals surface area contributed by atoms with Gasteiger partial charge in [0.25, 0.3) is 0 Å². The van der Waals surface area contributed by atoms with Crippen LogP contribution in [0.1, 0.15) is 26.3 Å². The summed E-state index contributed by atoms with van der Waals surface area (Å²) in [7, 11) is 0. The van der Waals surface area contributed by atoms with E-state index in [-0.39, 0.29) is 11.9 Å². The van der Waals surface area contributed by atoms with Crippen LogP contribution >= 0.6 is 0 Å². The minimum atomic E-state index is -0.384. The van der Waals surface area contributed by atoms with Crippen LogP contribution in [0.25, 0.3) is 0 Å². The minimum absolute atomic E-state index is 0.109. The first-order valence-electron chi connectivity index (χ1n) is 6.24. The summed E-state index contributed by atoms with van der Waals surface area (Å²) < 4.78 is 0. The smallest absolute Gasteiger partial charge is 0.243 e. The molecular weight excluding hydrogens is 228 g/mol. The zero-order valence-corrected chi connectivity index (χ0v) is 11.5. The molecule has 1 aromatic rings. The molecule has 0 bridgehead atoms. The quantitative estimate of drug-likeness (QED) is 0.763. The van der Waals surface area contributed by atoms with Gasteiger partial charge in [-0.1, -0.05) is 31.5 Å². The fourth-order valence-electron chi connectivity index (χ4n) is 1.28. The van der Waals surface area contributed by atoms with E-state index in [9.17, 15) is 4.79 Å². The van der Waals surface area contributed by atoms with Gasteiger partial charge in [0.15, 0.2) is 0 Å². The largest absolute Gasteiger partial charge is 0.325 e. The lowest BCUT2D eigenvalue weighted by Gasteiger charge is -2.15. The fraction of sp³-hybridized carbons (Fsp3) is 0.500. The van der Waals surface area contributed by atoms with Crippen molar-refractivity contribution >= 4 is 11.6 Å². The molecule has 4 nitrogen and oxygen atoms in total. The Morgan fingerprint density at radius 2 is 1.83 bits per heavy atom. The highest BCUT2D eigenvalue weighted by Gasteiger charge is 2.12. The Morgan fingerprint density at radius 1 is 1.22 bits per heavy atom. The zero-order valence-electron chi connectivity index (χ0n) is 11.5. The first-order chi connectivity index (χ1) is 8.49. The number of aryl methyl sites for hydroxylation is 1. The first kappa shape index (κ1) is 14.7. The molecule has 1 aromatic carbocycles. The number of anilines is 1. The number of benzene rings is 1. The highest BCUT2D eigenvalue weighted by atomic mass is 16.6. The van der Waals surface area contributed by atoms with Crippen LogP contribution in [0.2, 0.25) is 0 Å². The third kappa shape index (κ3) is 5.29. The summed E-state index contributed by atoms with van der Waals surface area (Å²) >= 11 is 0. The van der Waals surface area contributed by atoms with Gasteiger partial charge < -0.3 is 10.2 Å². The molecule has 0 aliphatic heterocycles. The Hall–Kier alpha value is -1.39. The third-order valence-electron chi connectivity index (χ3n) is 2.39. The number of hydrogen-bond donors (Lipinski definition) is 2. The van der Waals surface area contributed by atoms with Crippen LogP contribution in [-0.2, 0) is 9.63 Å². The Labute approximate surface area is 109 Å². The molecule has 0 aliphatic rings. The van der Waals surface area contributed by atoms with Gasteiger partial charge in [-0.3, -0.25) is 4.79 Å². The normalized spacial score (nSPS) is 12.5. The molecule has 1 rings (SSSR count). The predicted molar refractivity (Wildman–Crippen MR) is 73.2 cm³/mol. The number of carbonyl (C=O) groups excluding carboxylic acids is 1. The van der Waals surface area contributed by atoms with Crippen molar-refractivity contribution in [2.45, 2.75) is 33.7 Å². The van der Waals surface area contributed by atoms with Crippen molar-refractivity contribution in [3.8, 4) is 0 Å². The number of carbonyl (C=O) groups is 1. The monoisotopic (exact) mass is 250 g/mol. The number of amides is 1. The second-order valence-electron chi connectivity index (χ2n) is 4.90. The van der Waals surface area contributed by atoms with E-state index in [0.29, 0.717) is 12.5 Å². The van der Waals surface area contributed by atoms with Crippen molar-refractivity contribution in [2.75, 3.05) is 11.9 Å². The van der Waals surface area contributed by atoms with E-state index in [1.165, 1.54) is 5.56 Å². The summed E-state index contributed by atoms with van der Waals surface area (Å²) in [5.41, 5.74) is 4.69. The van der Waals surface area contributed by atoms with Gasteiger partial charge >= 0.3 is 0 Å². The van der Waals surface area contributed by atoms with E-state index in [1.807, 2.05) is 31.2 Å². The van der Waals surface area contributed by atoms with Crippen LogP contribution in [0, 0.1) is 12.8 Å². The van der Waals surface area contributed by atoms with Gasteiger partial charge in [-0.15, -0.1) is 0 Å². The standard InChI is InChI=1S/C14H22N2O2/c1-10(2)9-18-16-12(4)14(17)15-13-7-5-11(3)6-8-13/h5-8,10,12,16H,9H2,1-4H3,(H,15,17). The maximum Gasteiger partial charge on any atom is 0.243 e. The van der Waals surface area contributed by atoms with Crippen molar-refractivity contribution in [3.05, 3.63) is 29.8 Å². The van der Waals surface area contributed by atoms with E-state index in [0.717, 1.165) is 5.69 Å². The Balaban J connectivity index is 2.37. The Kier molecular flexibility index (Phi) is 5.82. The lowest BCUT2D eigenvalue weighted by atomic mass is 10.2. The van der Waals surface area contributed by atoms with E-state index in [4.69, 9.17) is 4.84 Å². The van der Waals surface area contributed by atoms with Crippen molar-refractivity contribution < 1.29 is 9.63 Å². The molecule has 18 heavy (non-hydrogen) atoms. The molecule has 100 valence electrons. The average molecular weight is 250 g/mol. The van der Waals surface area contributed by atoms with Crippen LogP contribution in [0.3, 0.4) is 0 Å². The van der Waals surface area contributed by atoms with Crippen molar-refractivity contribution in [2.24, 2.45) is 5.92 Å². The van der Waals surface area contributed by atoms with E-state index in [2.05, 4.69) is 24.6 Å². The van der Waals surface area contributed by atoms with E-state index in [1.54, 1.807) is 6.92 Å². The van der Waals surface area contributed by atoms with Crippen LogP contribution in [0.4, 0.5) is 5.69 Å². The highest BCUT2D eigenvalue weighted by molar-refractivity contribution is 5.94. The van der Waals surface area contributed by atoms with Crippen molar-refractivity contribution in [1.82, 2.24) is 5.48 Å². The van der Waals surface area contributed by atoms with Crippen LogP contribution < -0.4 is 10.8 Å². The molecule has 0 saturated carbocycles. The molecule has 4 heteroatoms. The summed E-state index contributed by atoms with van der Waals surface area (Å²) in [6.45, 7) is 8.47. The second kappa shape index (κ2) is 7.13. The first-order valence-corrected chi connectivity index (χ1v) is 6.24. The van der Waals surface area contributed by atoms with Gasteiger partial charge in [-0.2, -0.15) is 5.48 Å². The van der Waals surface area contributed by atoms with Gasteiger partial charge in [-0.25, -0.2) is 0 Å². The number of hydroxylamine groups is 1. The van der Waals surface area contributed by atoms with Crippen LogP contribution in [0.15, 0.2) is 24.3 Å². The average Bonchev–Trinajstić information content (AvgIpc) is 2.31. The minimum Gasteiger partial charge on any atom is -0.325 e. The van der Waals surface area contributed by atoms with Gasteiger partial charge in [-0.05, 0) is 31.9 Å². The molecule has 0 radical (unpaired) electrons. The SMILES string of the molecule is Cc1ccc(NC(=O)C(C)NOCC(C)C)cc1. The molecule has 1 amide bonds. The summed E-state index contributed by atoms with van der Waals surface area (Å²) in [6.07, 6.45) is 0. The zero-order chi connectivity index (χ0) is 13.5. The molecular formula is C14H22N2O2. The van der Waals surface area contributed by atoms with Gasteiger partial charge in [0.05, 0.1) is 6.61 Å². The van der Waals surface area contributed by atoms with E-state index >= 15 is 0 Å². The Bertz CT molecular complexity index is 374. The van der Waals surface area contributed by atoms with Crippen LogP contribution in [-0.4, -0.2) is 18.6 Å². The predicted octanol–water partition coefficient (Wildman–Crippen LogP) is 2.50. The van der Waals surface area contributed by atoms with E-state index < -0.39 is 0 Å². The number of nitrogens with one attached hydrogen (secondary N) is 2. The molecule has 0 spiro atoms. The molecule has 1 atom stereocenters. The fourth-order valence-corrected chi connectivity index (χ4v) is 1.28. The van der Waals surface area contributed by atoms with Gasteiger partial charge in [0, 0.05) is 5.69 Å². The summed E-state index contributed by atoms with van der Waals surface area (Å²) in [5, 5.41) is 2.83. The van der Waals surface area contributed by atoms with Crippen molar-refractivity contribution in [3.63, 3.8) is 0 Å². The Morgan fingerprint density at radius 3 is 2.39 bits per heavy atom.